The number of hydrogen-bond acceptors (Lipinski definition) is 4. The molecule has 2 N–H and O–H groups in total. The summed E-state index contributed by atoms with van der Waals surface area (Å²) in [5, 5.41) is 27.3. The van der Waals surface area contributed by atoms with Gasteiger partial charge in [-0.3, -0.25) is 0 Å². The van der Waals surface area contributed by atoms with Crippen LogP contribution in [0, 0.1) is 17.1 Å². The van der Waals surface area contributed by atoms with Crippen LogP contribution in [-0.2, 0) is 6.61 Å². The minimum Gasteiger partial charge on any atom is -0.489 e. The highest BCUT2D eigenvalue weighted by Crippen LogP contribution is 2.15. The van der Waals surface area contributed by atoms with Crippen LogP contribution in [0.2, 0.25) is 0 Å². The molecule has 0 radical (unpaired) electrons. The predicted octanol–water partition coefficient (Wildman–Crippen LogP) is 0.956. The molecule has 100 valence electrons. The summed E-state index contributed by atoms with van der Waals surface area (Å²) in [6.45, 7) is 0.0346. The Bertz CT molecular complexity index is 655. The van der Waals surface area contributed by atoms with E-state index in [4.69, 9.17) is 10.00 Å². The molecule has 20 heavy (non-hydrogen) atoms. The van der Waals surface area contributed by atoms with Crippen LogP contribution < -0.4 is 10.2 Å². The van der Waals surface area contributed by atoms with E-state index >= 15 is 0 Å². The highest BCUT2D eigenvalue weighted by molar-refractivity contribution is 6.59. The number of rotatable bonds is 4. The Morgan fingerprint density at radius 3 is 2.65 bits per heavy atom. The molecular formula is C14H11BFNO3. The second-order valence-electron chi connectivity index (χ2n) is 4.11. The molecule has 6 heteroatoms. The Morgan fingerprint density at radius 2 is 1.95 bits per heavy atom. The fourth-order valence-electron chi connectivity index (χ4n) is 1.76. The van der Waals surface area contributed by atoms with Gasteiger partial charge in [0.2, 0.25) is 0 Å². The molecular weight excluding hydrogens is 260 g/mol. The molecule has 0 spiro atoms. The van der Waals surface area contributed by atoms with E-state index in [0.29, 0.717) is 11.1 Å². The van der Waals surface area contributed by atoms with Gasteiger partial charge in [-0.15, -0.1) is 0 Å². The molecule has 0 amide bonds. The van der Waals surface area contributed by atoms with Gasteiger partial charge in [-0.1, -0.05) is 24.3 Å². The summed E-state index contributed by atoms with van der Waals surface area (Å²) >= 11 is 0. The Morgan fingerprint density at radius 1 is 1.20 bits per heavy atom. The Balaban J connectivity index is 2.23. The van der Waals surface area contributed by atoms with Gasteiger partial charge in [-0.25, -0.2) is 4.39 Å². The molecule has 0 saturated heterocycles. The molecule has 0 heterocycles. The summed E-state index contributed by atoms with van der Waals surface area (Å²) in [5.74, 6) is -0.509. The first kappa shape index (κ1) is 14.1. The maximum Gasteiger partial charge on any atom is 0.492 e. The van der Waals surface area contributed by atoms with Crippen molar-refractivity contribution in [3.63, 3.8) is 0 Å². The normalized spacial score (nSPS) is 9.90. The largest absolute Gasteiger partial charge is 0.492 e. The van der Waals surface area contributed by atoms with Gasteiger partial charge >= 0.3 is 7.12 Å². The van der Waals surface area contributed by atoms with Gasteiger partial charge in [0.1, 0.15) is 18.2 Å². The van der Waals surface area contributed by atoms with Crippen LogP contribution >= 0.6 is 0 Å². The number of benzene rings is 2. The van der Waals surface area contributed by atoms with Crippen molar-refractivity contribution in [1.82, 2.24) is 0 Å². The lowest BCUT2D eigenvalue weighted by Gasteiger charge is -2.12. The van der Waals surface area contributed by atoms with Crippen LogP contribution in [0.25, 0.3) is 0 Å². The number of ether oxygens (including phenoxy) is 1. The zero-order chi connectivity index (χ0) is 14.5. The molecule has 0 bridgehead atoms. The van der Waals surface area contributed by atoms with Crippen molar-refractivity contribution in [2.45, 2.75) is 6.61 Å². The van der Waals surface area contributed by atoms with Crippen LogP contribution in [0.4, 0.5) is 4.39 Å². The van der Waals surface area contributed by atoms with E-state index in [-0.39, 0.29) is 17.8 Å². The first-order valence-corrected chi connectivity index (χ1v) is 5.88. The molecule has 0 atom stereocenters. The van der Waals surface area contributed by atoms with Crippen molar-refractivity contribution in [3.05, 3.63) is 59.4 Å². The standard InChI is InChI=1S/C14H11BFNO3/c16-12-5-6-13(15(18)19)14(7-12)20-9-11-4-2-1-3-10(11)8-17/h1-7,18-19H,9H2. The lowest BCUT2D eigenvalue weighted by molar-refractivity contribution is 0.305. The van der Waals surface area contributed by atoms with E-state index in [1.807, 2.05) is 6.07 Å². The highest BCUT2D eigenvalue weighted by Gasteiger charge is 2.18. The molecule has 0 aliphatic heterocycles. The van der Waals surface area contributed by atoms with E-state index in [1.54, 1.807) is 24.3 Å². The summed E-state index contributed by atoms with van der Waals surface area (Å²) in [4.78, 5) is 0. The molecule has 0 aromatic heterocycles. The minimum absolute atomic E-state index is 0.0346. The molecule has 0 aliphatic rings. The molecule has 0 aliphatic carbocycles. The Labute approximate surface area is 115 Å². The summed E-state index contributed by atoms with van der Waals surface area (Å²) in [6, 6.07) is 12.3. The van der Waals surface area contributed by atoms with Crippen molar-refractivity contribution in [3.8, 4) is 11.8 Å². The average Bonchev–Trinajstić information content (AvgIpc) is 2.45. The third kappa shape index (κ3) is 3.15. The predicted molar refractivity (Wildman–Crippen MR) is 71.7 cm³/mol. The number of nitrogens with zero attached hydrogens (tertiary/aromatic N) is 1. The topological polar surface area (TPSA) is 73.5 Å². The van der Waals surface area contributed by atoms with Crippen LogP contribution in [0.1, 0.15) is 11.1 Å². The van der Waals surface area contributed by atoms with Crippen LogP contribution in [0.15, 0.2) is 42.5 Å². The molecule has 0 saturated carbocycles. The minimum atomic E-state index is -1.75. The van der Waals surface area contributed by atoms with Crippen LogP contribution in [0.3, 0.4) is 0 Å². The van der Waals surface area contributed by atoms with Crippen molar-refractivity contribution in [1.29, 1.82) is 5.26 Å². The fraction of sp³-hybridized carbons (Fsp3) is 0.0714. The van der Waals surface area contributed by atoms with Crippen LogP contribution in [0.5, 0.6) is 5.75 Å². The monoisotopic (exact) mass is 271 g/mol. The Kier molecular flexibility index (Phi) is 4.36. The third-order valence-electron chi connectivity index (χ3n) is 2.77. The van der Waals surface area contributed by atoms with Gasteiger partial charge in [-0.05, 0) is 12.1 Å². The lowest BCUT2D eigenvalue weighted by Crippen LogP contribution is -2.31. The van der Waals surface area contributed by atoms with Gasteiger partial charge in [0.05, 0.1) is 11.6 Å². The third-order valence-corrected chi connectivity index (χ3v) is 2.77. The van der Waals surface area contributed by atoms with Gasteiger partial charge in [0, 0.05) is 17.1 Å². The van der Waals surface area contributed by atoms with Crippen molar-refractivity contribution < 1.29 is 19.2 Å². The maximum atomic E-state index is 13.2. The van der Waals surface area contributed by atoms with Gasteiger partial charge in [0.25, 0.3) is 0 Å². The summed E-state index contributed by atoms with van der Waals surface area (Å²) < 4.78 is 18.6. The van der Waals surface area contributed by atoms with Crippen molar-refractivity contribution in [2.24, 2.45) is 0 Å². The first-order chi connectivity index (χ1) is 9.61. The summed E-state index contributed by atoms with van der Waals surface area (Å²) in [7, 11) is -1.75. The van der Waals surface area contributed by atoms with E-state index in [1.165, 1.54) is 6.07 Å². The maximum absolute atomic E-state index is 13.2. The van der Waals surface area contributed by atoms with Crippen LogP contribution in [-0.4, -0.2) is 17.2 Å². The molecule has 2 aromatic rings. The number of halogens is 1. The number of hydrogen-bond donors (Lipinski definition) is 2. The summed E-state index contributed by atoms with van der Waals surface area (Å²) in [6.07, 6.45) is 0. The van der Waals surface area contributed by atoms with E-state index in [0.717, 1.165) is 12.1 Å². The second-order valence-corrected chi connectivity index (χ2v) is 4.11. The van der Waals surface area contributed by atoms with E-state index < -0.39 is 12.9 Å². The second kappa shape index (κ2) is 6.19. The zero-order valence-electron chi connectivity index (χ0n) is 10.5. The van der Waals surface area contributed by atoms with E-state index in [9.17, 15) is 14.4 Å². The lowest BCUT2D eigenvalue weighted by atomic mass is 9.79. The Hall–Kier alpha value is -2.36. The fourth-order valence-corrected chi connectivity index (χ4v) is 1.76. The smallest absolute Gasteiger partial charge is 0.489 e. The number of nitriles is 1. The van der Waals surface area contributed by atoms with Crippen molar-refractivity contribution in [2.75, 3.05) is 0 Å². The first-order valence-electron chi connectivity index (χ1n) is 5.88. The quantitative estimate of drug-likeness (QED) is 0.812. The summed E-state index contributed by atoms with van der Waals surface area (Å²) in [5.41, 5.74) is 1.16. The van der Waals surface area contributed by atoms with Gasteiger partial charge in [0.15, 0.2) is 0 Å². The van der Waals surface area contributed by atoms with Gasteiger partial charge in [-0.2, -0.15) is 5.26 Å². The van der Waals surface area contributed by atoms with Crippen molar-refractivity contribution >= 4 is 12.6 Å². The zero-order valence-corrected chi connectivity index (χ0v) is 10.5. The molecule has 2 rings (SSSR count). The molecule has 0 unspecified atom stereocenters. The highest BCUT2D eigenvalue weighted by atomic mass is 19.1. The average molecular weight is 271 g/mol. The molecule has 0 fully saturated rings. The van der Waals surface area contributed by atoms with Gasteiger partial charge < -0.3 is 14.8 Å². The molecule has 4 nitrogen and oxygen atoms in total. The molecule has 2 aromatic carbocycles. The SMILES string of the molecule is N#Cc1ccccc1COc1cc(F)ccc1B(O)O. The van der Waals surface area contributed by atoms with E-state index in [2.05, 4.69) is 0 Å².